The molecule has 1 N–H and O–H groups in total. The number of carboxylic acids is 1. The molecule has 0 fully saturated rings. The smallest absolute Gasteiger partial charge is 0.305 e. The molecule has 4 heteroatoms. The largest absolute Gasteiger partial charge is 0.481 e. The normalized spacial score (nSPS) is 12.1. The summed E-state index contributed by atoms with van der Waals surface area (Å²) in [7, 11) is 0. The fourth-order valence-corrected chi connectivity index (χ4v) is 2.46. The Labute approximate surface area is 129 Å². The van der Waals surface area contributed by atoms with Crippen molar-refractivity contribution in [3.05, 3.63) is 0 Å². The molecule has 0 radical (unpaired) electrons. The number of carbonyl (C=O) groups excluding carboxylic acids is 1. The Morgan fingerprint density at radius 2 is 1.48 bits per heavy atom. The Balaban J connectivity index is 3.19. The zero-order valence-electron chi connectivity index (χ0n) is 13.7. The van der Waals surface area contributed by atoms with Gasteiger partial charge in [-0.05, 0) is 19.3 Å². The first-order valence-electron chi connectivity index (χ1n) is 8.43. The molecule has 0 aliphatic carbocycles. The first kappa shape index (κ1) is 19.9. The van der Waals surface area contributed by atoms with Crippen LogP contribution in [-0.2, 0) is 14.3 Å². The first-order valence-corrected chi connectivity index (χ1v) is 8.43. The molecule has 0 saturated carbocycles. The highest BCUT2D eigenvalue weighted by Crippen LogP contribution is 2.15. The third-order valence-electron chi connectivity index (χ3n) is 3.66. The number of aliphatic carboxylic acids is 1. The van der Waals surface area contributed by atoms with Crippen LogP contribution < -0.4 is 0 Å². The number of carbonyl (C=O) groups is 2. The summed E-state index contributed by atoms with van der Waals surface area (Å²) in [6.07, 6.45) is 11.1. The molecule has 0 heterocycles. The lowest BCUT2D eigenvalue weighted by Gasteiger charge is -2.07. The zero-order valence-corrected chi connectivity index (χ0v) is 13.7. The van der Waals surface area contributed by atoms with Gasteiger partial charge in [0, 0.05) is 12.8 Å². The van der Waals surface area contributed by atoms with Crippen LogP contribution in [0.2, 0.25) is 0 Å². The molecule has 0 aliphatic rings. The third kappa shape index (κ3) is 15.2. The Morgan fingerprint density at radius 1 is 0.952 bits per heavy atom. The molecule has 0 aliphatic heterocycles. The topological polar surface area (TPSA) is 63.6 Å². The number of esters is 1. The maximum atomic E-state index is 11.1. The second-order valence-corrected chi connectivity index (χ2v) is 5.88. The summed E-state index contributed by atoms with van der Waals surface area (Å²) in [5.74, 6) is -0.469. The minimum Gasteiger partial charge on any atom is -0.481 e. The summed E-state index contributed by atoms with van der Waals surface area (Å²) in [4.78, 5) is 21.6. The molecule has 0 saturated heterocycles. The molecule has 21 heavy (non-hydrogen) atoms. The van der Waals surface area contributed by atoms with Gasteiger partial charge in [0.1, 0.15) is 0 Å². The van der Waals surface area contributed by atoms with E-state index in [1.165, 1.54) is 32.1 Å². The van der Waals surface area contributed by atoms with Gasteiger partial charge in [0.2, 0.25) is 0 Å². The van der Waals surface area contributed by atoms with Crippen molar-refractivity contribution in [3.8, 4) is 0 Å². The molecule has 0 bridgehead atoms. The van der Waals surface area contributed by atoms with Crippen LogP contribution in [0.4, 0.5) is 0 Å². The van der Waals surface area contributed by atoms with E-state index in [0.717, 1.165) is 25.7 Å². The van der Waals surface area contributed by atoms with Crippen molar-refractivity contribution in [2.24, 2.45) is 5.92 Å². The van der Waals surface area contributed by atoms with E-state index in [1.807, 2.05) is 13.8 Å². The SMILES string of the molecule is CCOC(=O)CCCCCCCCCCC(C)CC(=O)O. The van der Waals surface area contributed by atoms with Crippen molar-refractivity contribution in [3.63, 3.8) is 0 Å². The third-order valence-corrected chi connectivity index (χ3v) is 3.66. The lowest BCUT2D eigenvalue weighted by molar-refractivity contribution is -0.143. The van der Waals surface area contributed by atoms with Crippen molar-refractivity contribution in [1.29, 1.82) is 0 Å². The van der Waals surface area contributed by atoms with E-state index in [-0.39, 0.29) is 5.97 Å². The molecule has 0 aromatic carbocycles. The quantitative estimate of drug-likeness (QED) is 0.377. The average molecular weight is 300 g/mol. The van der Waals surface area contributed by atoms with E-state index in [2.05, 4.69) is 0 Å². The highest BCUT2D eigenvalue weighted by Gasteiger charge is 2.06. The Hall–Kier alpha value is -1.06. The summed E-state index contributed by atoms with van der Waals surface area (Å²) in [6.45, 7) is 4.32. The van der Waals surface area contributed by atoms with E-state index < -0.39 is 5.97 Å². The predicted molar refractivity (Wildman–Crippen MR) is 84.2 cm³/mol. The van der Waals surface area contributed by atoms with Gasteiger partial charge in [0.25, 0.3) is 0 Å². The lowest BCUT2D eigenvalue weighted by atomic mass is 9.99. The standard InChI is InChI=1S/C17H32O4/c1-3-21-17(20)13-11-9-7-5-4-6-8-10-12-15(2)14-16(18)19/h15H,3-14H2,1-2H3,(H,18,19). The fraction of sp³-hybridized carbons (Fsp3) is 0.882. The van der Waals surface area contributed by atoms with E-state index in [4.69, 9.17) is 9.84 Å². The molecule has 1 atom stereocenters. The van der Waals surface area contributed by atoms with Crippen molar-refractivity contribution in [2.75, 3.05) is 6.61 Å². The highest BCUT2D eigenvalue weighted by molar-refractivity contribution is 5.69. The van der Waals surface area contributed by atoms with Crippen molar-refractivity contribution in [2.45, 2.75) is 84.5 Å². The molecular weight excluding hydrogens is 268 g/mol. The van der Waals surface area contributed by atoms with E-state index in [1.54, 1.807) is 0 Å². The van der Waals surface area contributed by atoms with Gasteiger partial charge >= 0.3 is 11.9 Å². The number of ether oxygens (including phenoxy) is 1. The van der Waals surface area contributed by atoms with Gasteiger partial charge in [-0.15, -0.1) is 0 Å². The van der Waals surface area contributed by atoms with Crippen molar-refractivity contribution < 1.29 is 19.4 Å². The average Bonchev–Trinajstić information content (AvgIpc) is 2.40. The predicted octanol–water partition coefficient (Wildman–Crippen LogP) is 4.56. The number of hydrogen-bond donors (Lipinski definition) is 1. The van der Waals surface area contributed by atoms with E-state index in [0.29, 0.717) is 25.4 Å². The van der Waals surface area contributed by atoms with Gasteiger partial charge in [0.05, 0.1) is 6.61 Å². The number of rotatable bonds is 14. The molecule has 0 spiro atoms. The van der Waals surface area contributed by atoms with Gasteiger partial charge in [-0.1, -0.05) is 58.3 Å². The van der Waals surface area contributed by atoms with E-state index >= 15 is 0 Å². The van der Waals surface area contributed by atoms with Crippen LogP contribution in [0.3, 0.4) is 0 Å². The summed E-state index contributed by atoms with van der Waals surface area (Å²) in [5, 5.41) is 8.66. The minimum absolute atomic E-state index is 0.0759. The van der Waals surface area contributed by atoms with Crippen LogP contribution in [0.25, 0.3) is 0 Å². The van der Waals surface area contributed by atoms with Crippen LogP contribution in [0.15, 0.2) is 0 Å². The zero-order chi connectivity index (χ0) is 15.9. The lowest BCUT2D eigenvalue weighted by Crippen LogP contribution is -2.03. The van der Waals surface area contributed by atoms with Crippen LogP contribution >= 0.6 is 0 Å². The van der Waals surface area contributed by atoms with Gasteiger partial charge < -0.3 is 9.84 Å². The molecule has 1 unspecified atom stereocenters. The van der Waals surface area contributed by atoms with Crippen molar-refractivity contribution >= 4 is 11.9 Å². The summed E-state index contributed by atoms with van der Waals surface area (Å²) < 4.78 is 4.88. The first-order chi connectivity index (χ1) is 10.1. The monoisotopic (exact) mass is 300 g/mol. The molecule has 0 rings (SSSR count). The van der Waals surface area contributed by atoms with Gasteiger partial charge in [0.15, 0.2) is 0 Å². The van der Waals surface area contributed by atoms with Gasteiger partial charge in [-0.25, -0.2) is 0 Å². The van der Waals surface area contributed by atoms with Crippen LogP contribution in [0.1, 0.15) is 84.5 Å². The highest BCUT2D eigenvalue weighted by atomic mass is 16.5. The molecule has 0 aromatic heterocycles. The molecule has 0 amide bonds. The Bertz CT molecular complexity index is 276. The van der Waals surface area contributed by atoms with Crippen LogP contribution in [0, 0.1) is 5.92 Å². The molecule has 4 nitrogen and oxygen atoms in total. The second kappa shape index (κ2) is 13.9. The van der Waals surface area contributed by atoms with Crippen LogP contribution in [0.5, 0.6) is 0 Å². The molecule has 0 aromatic rings. The van der Waals surface area contributed by atoms with E-state index in [9.17, 15) is 9.59 Å². The van der Waals surface area contributed by atoms with Gasteiger partial charge in [-0.2, -0.15) is 0 Å². The fourth-order valence-electron chi connectivity index (χ4n) is 2.46. The Morgan fingerprint density at radius 3 is 2.00 bits per heavy atom. The van der Waals surface area contributed by atoms with Crippen molar-refractivity contribution in [1.82, 2.24) is 0 Å². The maximum absolute atomic E-state index is 11.1. The summed E-state index contributed by atoms with van der Waals surface area (Å²) in [6, 6.07) is 0. The van der Waals surface area contributed by atoms with Crippen LogP contribution in [-0.4, -0.2) is 23.7 Å². The maximum Gasteiger partial charge on any atom is 0.305 e. The summed E-state index contributed by atoms with van der Waals surface area (Å²) >= 11 is 0. The second-order valence-electron chi connectivity index (χ2n) is 5.88. The Kier molecular flexibility index (Phi) is 13.2. The number of carboxylic acid groups (broad SMARTS) is 1. The number of unbranched alkanes of at least 4 members (excludes halogenated alkanes) is 7. The molecule has 124 valence electrons. The van der Waals surface area contributed by atoms with Gasteiger partial charge in [-0.3, -0.25) is 9.59 Å². The summed E-state index contributed by atoms with van der Waals surface area (Å²) in [5.41, 5.74) is 0. The molecular formula is C17H32O4. The minimum atomic E-state index is -0.690. The number of hydrogen-bond acceptors (Lipinski definition) is 3.